The van der Waals surface area contributed by atoms with Crippen LogP contribution in [-0.4, -0.2) is 21.0 Å². The minimum absolute atomic E-state index is 0.125. The molecule has 1 heterocycles. The highest BCUT2D eigenvalue weighted by Gasteiger charge is 2.55. The molecule has 1 aliphatic heterocycles. The molecule has 0 aromatic heterocycles. The number of esters is 1. The van der Waals surface area contributed by atoms with Gasteiger partial charge in [-0.2, -0.15) is 4.72 Å². The first kappa shape index (κ1) is 16.1. The fourth-order valence-electron chi connectivity index (χ4n) is 3.60. The fraction of sp³-hybridized carbons (Fsp3) is 0.211. The van der Waals surface area contributed by atoms with Crippen LogP contribution >= 0.6 is 0 Å². The van der Waals surface area contributed by atoms with Crippen LogP contribution in [0.2, 0.25) is 0 Å². The summed E-state index contributed by atoms with van der Waals surface area (Å²) in [6, 6.07) is 14.4. The molecule has 128 valence electrons. The number of carbonyl (C=O) groups excluding carboxylic acids is 1. The summed E-state index contributed by atoms with van der Waals surface area (Å²) in [5.74, 6) is -0.595. The summed E-state index contributed by atoms with van der Waals surface area (Å²) in [5, 5.41) is 0. The van der Waals surface area contributed by atoms with E-state index in [1.54, 1.807) is 25.1 Å². The zero-order valence-electron chi connectivity index (χ0n) is 13.7. The molecule has 0 radical (unpaired) electrons. The van der Waals surface area contributed by atoms with Crippen molar-refractivity contribution in [3.8, 4) is 0 Å². The molecule has 2 aliphatic rings. The van der Waals surface area contributed by atoms with Crippen molar-refractivity contribution in [3.63, 3.8) is 0 Å². The number of sulfonamides is 1. The minimum Gasteiger partial charge on any atom is -0.464 e. The van der Waals surface area contributed by atoms with E-state index < -0.39 is 21.5 Å². The molecule has 6 heteroatoms. The number of hydrogen-bond acceptors (Lipinski definition) is 4. The van der Waals surface area contributed by atoms with E-state index in [0.29, 0.717) is 17.6 Å². The van der Waals surface area contributed by atoms with E-state index in [-0.39, 0.29) is 11.5 Å². The van der Waals surface area contributed by atoms with Crippen LogP contribution in [0.1, 0.15) is 23.6 Å². The molecule has 0 fully saturated rings. The fourth-order valence-corrected chi connectivity index (χ4v) is 5.21. The normalized spacial score (nSPS) is 22.8. The Hall–Kier alpha value is -2.44. The smallest absolute Gasteiger partial charge is 0.336 e. The second kappa shape index (κ2) is 5.54. The number of benzene rings is 2. The van der Waals surface area contributed by atoms with Crippen LogP contribution in [0.4, 0.5) is 0 Å². The first-order valence-corrected chi connectivity index (χ1v) is 9.57. The Labute approximate surface area is 146 Å². The lowest BCUT2D eigenvalue weighted by Gasteiger charge is -2.28. The molecule has 1 N–H and O–H groups in total. The molecule has 2 aromatic carbocycles. The van der Waals surface area contributed by atoms with E-state index in [9.17, 15) is 13.2 Å². The molecule has 1 atom stereocenters. The van der Waals surface area contributed by atoms with Crippen molar-refractivity contribution in [1.29, 1.82) is 0 Å². The predicted molar refractivity (Wildman–Crippen MR) is 93.2 cm³/mol. The maximum absolute atomic E-state index is 13.0. The van der Waals surface area contributed by atoms with E-state index in [4.69, 9.17) is 4.74 Å². The molecular weight excluding hydrogens is 338 g/mol. The van der Waals surface area contributed by atoms with Crippen molar-refractivity contribution in [2.75, 3.05) is 6.61 Å². The van der Waals surface area contributed by atoms with E-state index in [0.717, 1.165) is 11.1 Å². The maximum atomic E-state index is 13.0. The van der Waals surface area contributed by atoms with Crippen molar-refractivity contribution >= 4 is 22.1 Å². The Morgan fingerprint density at radius 2 is 1.88 bits per heavy atom. The van der Waals surface area contributed by atoms with Crippen molar-refractivity contribution in [3.05, 3.63) is 70.8 Å². The SMILES string of the molecule is CCOC(=O)[C@]1(C2=Cc3ccccc3C2)NS(=O)(=O)c2ccccc21. The monoisotopic (exact) mass is 355 g/mol. The van der Waals surface area contributed by atoms with Crippen LogP contribution < -0.4 is 4.72 Å². The number of fused-ring (bicyclic) bond motifs is 2. The summed E-state index contributed by atoms with van der Waals surface area (Å²) in [6.07, 6.45) is 2.38. The summed E-state index contributed by atoms with van der Waals surface area (Å²) in [6.45, 7) is 1.88. The van der Waals surface area contributed by atoms with Gasteiger partial charge in [0, 0.05) is 5.56 Å². The number of hydrogen-bond donors (Lipinski definition) is 1. The minimum atomic E-state index is -3.79. The van der Waals surface area contributed by atoms with Gasteiger partial charge in [0.05, 0.1) is 11.5 Å². The highest BCUT2D eigenvalue weighted by molar-refractivity contribution is 7.90. The molecule has 0 amide bonds. The second-order valence-corrected chi connectivity index (χ2v) is 7.77. The molecule has 0 bridgehead atoms. The average Bonchev–Trinajstić information content (AvgIpc) is 3.13. The van der Waals surface area contributed by atoms with Crippen LogP contribution in [0.3, 0.4) is 0 Å². The first-order valence-electron chi connectivity index (χ1n) is 8.08. The lowest BCUT2D eigenvalue weighted by atomic mass is 9.82. The van der Waals surface area contributed by atoms with E-state index in [1.165, 1.54) is 6.07 Å². The highest BCUT2D eigenvalue weighted by Crippen LogP contribution is 2.45. The van der Waals surface area contributed by atoms with Gasteiger partial charge in [-0.1, -0.05) is 48.5 Å². The third kappa shape index (κ3) is 2.25. The Morgan fingerprint density at radius 1 is 1.16 bits per heavy atom. The van der Waals surface area contributed by atoms with Gasteiger partial charge in [-0.05, 0) is 36.1 Å². The van der Waals surface area contributed by atoms with Crippen LogP contribution in [-0.2, 0) is 31.5 Å². The van der Waals surface area contributed by atoms with Crippen LogP contribution in [0.15, 0.2) is 59.0 Å². The van der Waals surface area contributed by atoms with Crippen LogP contribution in [0.5, 0.6) is 0 Å². The standard InChI is InChI=1S/C19H17NO4S/c1-2-24-18(21)19(15-11-13-7-3-4-8-14(13)12-15)16-9-5-6-10-17(16)25(22,23)20-19/h3-11,20H,2,12H2,1H3/t19-/m1/s1. The highest BCUT2D eigenvalue weighted by atomic mass is 32.2. The van der Waals surface area contributed by atoms with E-state index in [1.807, 2.05) is 30.3 Å². The maximum Gasteiger partial charge on any atom is 0.336 e. The first-order chi connectivity index (χ1) is 12.0. The van der Waals surface area contributed by atoms with Gasteiger partial charge >= 0.3 is 5.97 Å². The summed E-state index contributed by atoms with van der Waals surface area (Å²) >= 11 is 0. The number of nitrogens with one attached hydrogen (secondary N) is 1. The molecule has 5 nitrogen and oxygen atoms in total. The van der Waals surface area contributed by atoms with E-state index in [2.05, 4.69) is 4.72 Å². The van der Waals surface area contributed by atoms with Crippen molar-refractivity contribution < 1.29 is 17.9 Å². The molecule has 0 saturated heterocycles. The molecule has 4 rings (SSSR count). The molecule has 2 aromatic rings. The lowest BCUT2D eigenvalue weighted by Crippen LogP contribution is -2.49. The van der Waals surface area contributed by atoms with Gasteiger partial charge in [0.1, 0.15) is 0 Å². The van der Waals surface area contributed by atoms with Crippen molar-refractivity contribution in [2.45, 2.75) is 23.8 Å². The Kier molecular flexibility index (Phi) is 3.56. The van der Waals surface area contributed by atoms with Crippen molar-refractivity contribution in [2.24, 2.45) is 0 Å². The Bertz CT molecular complexity index is 1010. The number of rotatable bonds is 3. The van der Waals surface area contributed by atoms with Gasteiger partial charge in [0.2, 0.25) is 10.0 Å². The van der Waals surface area contributed by atoms with E-state index >= 15 is 0 Å². The summed E-state index contributed by atoms with van der Waals surface area (Å²) in [5.41, 5.74) is 1.65. The van der Waals surface area contributed by atoms with Crippen LogP contribution in [0.25, 0.3) is 6.08 Å². The van der Waals surface area contributed by atoms with Crippen molar-refractivity contribution in [1.82, 2.24) is 4.72 Å². The molecule has 0 spiro atoms. The zero-order valence-corrected chi connectivity index (χ0v) is 14.5. The lowest BCUT2D eigenvalue weighted by molar-refractivity contribution is -0.149. The van der Waals surface area contributed by atoms with Gasteiger partial charge in [-0.15, -0.1) is 0 Å². The van der Waals surface area contributed by atoms with Gasteiger partial charge < -0.3 is 4.74 Å². The summed E-state index contributed by atoms with van der Waals surface area (Å²) in [4.78, 5) is 13.1. The van der Waals surface area contributed by atoms with Gasteiger partial charge in [-0.25, -0.2) is 13.2 Å². The predicted octanol–water partition coefficient (Wildman–Crippen LogP) is 2.38. The molecule has 25 heavy (non-hydrogen) atoms. The van der Waals surface area contributed by atoms with Gasteiger partial charge in [-0.3, -0.25) is 0 Å². The number of carbonyl (C=O) groups is 1. The largest absolute Gasteiger partial charge is 0.464 e. The molecule has 0 saturated carbocycles. The second-order valence-electron chi connectivity index (χ2n) is 6.12. The van der Waals surface area contributed by atoms with Gasteiger partial charge in [0.25, 0.3) is 0 Å². The van der Waals surface area contributed by atoms with Crippen LogP contribution in [0, 0.1) is 0 Å². The molecular formula is C19H17NO4S. The average molecular weight is 355 g/mol. The Balaban J connectivity index is 1.95. The molecule has 1 aliphatic carbocycles. The summed E-state index contributed by atoms with van der Waals surface area (Å²) in [7, 11) is -3.79. The zero-order chi connectivity index (χ0) is 17.7. The third-order valence-electron chi connectivity index (χ3n) is 4.70. The Morgan fingerprint density at radius 3 is 2.64 bits per heavy atom. The van der Waals surface area contributed by atoms with Gasteiger partial charge in [0.15, 0.2) is 5.54 Å². The topological polar surface area (TPSA) is 72.5 Å². The summed E-state index contributed by atoms with van der Waals surface area (Å²) < 4.78 is 33.2. The quantitative estimate of drug-likeness (QED) is 0.858. The molecule has 0 unspecified atom stereocenters. The third-order valence-corrected chi connectivity index (χ3v) is 6.21. The number of ether oxygens (including phenoxy) is 1.